The SMILES string of the molecule is CCN(CC)Cc1ccc(C(=O)N2CCC(C(=O)O)C2)o1. The summed E-state index contributed by atoms with van der Waals surface area (Å²) in [6, 6.07) is 3.49. The molecular formula is C15H22N2O4. The van der Waals surface area contributed by atoms with E-state index >= 15 is 0 Å². The third-order valence-corrected chi connectivity index (χ3v) is 3.97. The van der Waals surface area contributed by atoms with Crippen LogP contribution in [0.3, 0.4) is 0 Å². The van der Waals surface area contributed by atoms with Crippen molar-refractivity contribution in [3.63, 3.8) is 0 Å². The predicted octanol–water partition coefficient (Wildman–Crippen LogP) is 1.67. The lowest BCUT2D eigenvalue weighted by Gasteiger charge is -2.16. The molecule has 6 nitrogen and oxygen atoms in total. The number of amides is 1. The van der Waals surface area contributed by atoms with E-state index in [9.17, 15) is 9.59 Å². The molecule has 2 heterocycles. The first kappa shape index (κ1) is 15.6. The van der Waals surface area contributed by atoms with E-state index < -0.39 is 11.9 Å². The summed E-state index contributed by atoms with van der Waals surface area (Å²) in [7, 11) is 0. The van der Waals surface area contributed by atoms with Gasteiger partial charge in [0.25, 0.3) is 5.91 Å². The van der Waals surface area contributed by atoms with Gasteiger partial charge in [-0.15, -0.1) is 0 Å². The zero-order valence-electron chi connectivity index (χ0n) is 12.5. The number of carboxylic acids is 1. The van der Waals surface area contributed by atoms with Crippen LogP contribution in [0.2, 0.25) is 0 Å². The maximum Gasteiger partial charge on any atom is 0.308 e. The van der Waals surface area contributed by atoms with Crippen molar-refractivity contribution in [2.45, 2.75) is 26.8 Å². The molecule has 1 N–H and O–H groups in total. The van der Waals surface area contributed by atoms with Crippen LogP contribution in [0, 0.1) is 5.92 Å². The van der Waals surface area contributed by atoms with E-state index in [1.54, 1.807) is 11.0 Å². The van der Waals surface area contributed by atoms with Crippen LogP contribution >= 0.6 is 0 Å². The Labute approximate surface area is 124 Å². The molecule has 1 saturated heterocycles. The number of carbonyl (C=O) groups excluding carboxylic acids is 1. The number of nitrogens with zero attached hydrogens (tertiary/aromatic N) is 2. The van der Waals surface area contributed by atoms with Gasteiger partial charge < -0.3 is 14.4 Å². The van der Waals surface area contributed by atoms with Crippen molar-refractivity contribution in [3.05, 3.63) is 23.7 Å². The number of rotatable bonds is 6. The van der Waals surface area contributed by atoms with Crippen LogP contribution in [0.1, 0.15) is 36.6 Å². The normalized spacial score (nSPS) is 18.4. The Morgan fingerprint density at radius 1 is 1.38 bits per heavy atom. The van der Waals surface area contributed by atoms with Crippen LogP contribution in [0.15, 0.2) is 16.5 Å². The van der Waals surface area contributed by atoms with E-state index in [4.69, 9.17) is 9.52 Å². The number of aliphatic carboxylic acids is 1. The Balaban J connectivity index is 1.98. The molecule has 1 fully saturated rings. The summed E-state index contributed by atoms with van der Waals surface area (Å²) in [4.78, 5) is 27.0. The van der Waals surface area contributed by atoms with Crippen LogP contribution in [-0.4, -0.2) is 53.0 Å². The summed E-state index contributed by atoms with van der Waals surface area (Å²) >= 11 is 0. The van der Waals surface area contributed by atoms with Gasteiger partial charge in [0.2, 0.25) is 0 Å². The molecule has 0 saturated carbocycles. The maximum atomic E-state index is 12.3. The van der Waals surface area contributed by atoms with E-state index in [-0.39, 0.29) is 12.5 Å². The first-order chi connectivity index (χ1) is 10.0. The van der Waals surface area contributed by atoms with Gasteiger partial charge in [-0.25, -0.2) is 0 Å². The van der Waals surface area contributed by atoms with Crippen molar-refractivity contribution in [2.24, 2.45) is 5.92 Å². The van der Waals surface area contributed by atoms with Crippen LogP contribution in [0.5, 0.6) is 0 Å². The Morgan fingerprint density at radius 2 is 2.10 bits per heavy atom. The average molecular weight is 294 g/mol. The lowest BCUT2D eigenvalue weighted by atomic mass is 10.1. The molecule has 0 aromatic carbocycles. The van der Waals surface area contributed by atoms with Gasteiger partial charge in [0.05, 0.1) is 12.5 Å². The number of likely N-dealkylation sites (tertiary alicyclic amines) is 1. The summed E-state index contributed by atoms with van der Waals surface area (Å²) in [5.74, 6) is -0.463. The number of carbonyl (C=O) groups is 2. The van der Waals surface area contributed by atoms with Crippen molar-refractivity contribution in [3.8, 4) is 0 Å². The minimum Gasteiger partial charge on any atom is -0.481 e. The first-order valence-electron chi connectivity index (χ1n) is 7.38. The Bertz CT molecular complexity index is 508. The molecule has 1 aliphatic rings. The highest BCUT2D eigenvalue weighted by atomic mass is 16.4. The van der Waals surface area contributed by atoms with Gasteiger partial charge in [-0.05, 0) is 31.6 Å². The summed E-state index contributed by atoms with van der Waals surface area (Å²) in [5.41, 5.74) is 0. The van der Waals surface area contributed by atoms with Gasteiger partial charge in [-0.1, -0.05) is 13.8 Å². The highest BCUT2D eigenvalue weighted by Gasteiger charge is 2.32. The molecule has 1 aromatic heterocycles. The first-order valence-corrected chi connectivity index (χ1v) is 7.38. The molecular weight excluding hydrogens is 272 g/mol. The molecule has 116 valence electrons. The lowest BCUT2D eigenvalue weighted by Crippen LogP contribution is -2.29. The fourth-order valence-electron chi connectivity index (χ4n) is 2.55. The monoisotopic (exact) mass is 294 g/mol. The van der Waals surface area contributed by atoms with E-state index in [2.05, 4.69) is 18.7 Å². The van der Waals surface area contributed by atoms with E-state index in [1.165, 1.54) is 0 Å². The topological polar surface area (TPSA) is 74.0 Å². The fourth-order valence-corrected chi connectivity index (χ4v) is 2.55. The molecule has 0 bridgehead atoms. The minimum absolute atomic E-state index is 0.218. The molecule has 1 unspecified atom stereocenters. The molecule has 0 aliphatic carbocycles. The lowest BCUT2D eigenvalue weighted by molar-refractivity contribution is -0.141. The average Bonchev–Trinajstić information content (AvgIpc) is 3.13. The number of hydrogen-bond donors (Lipinski definition) is 1. The van der Waals surface area contributed by atoms with Crippen molar-refractivity contribution in [1.82, 2.24) is 9.80 Å². The van der Waals surface area contributed by atoms with Gasteiger partial charge >= 0.3 is 5.97 Å². The zero-order chi connectivity index (χ0) is 15.4. The van der Waals surface area contributed by atoms with Gasteiger partial charge in [-0.3, -0.25) is 14.5 Å². The molecule has 1 aromatic rings. The van der Waals surface area contributed by atoms with Crippen LogP contribution < -0.4 is 0 Å². The maximum absolute atomic E-state index is 12.3. The number of furan rings is 1. The highest BCUT2D eigenvalue weighted by molar-refractivity contribution is 5.92. The Kier molecular flexibility index (Phi) is 5.01. The largest absolute Gasteiger partial charge is 0.481 e. The predicted molar refractivity (Wildman–Crippen MR) is 77.0 cm³/mol. The smallest absolute Gasteiger partial charge is 0.308 e. The summed E-state index contributed by atoms with van der Waals surface area (Å²) in [6.07, 6.45) is 0.508. The van der Waals surface area contributed by atoms with Crippen molar-refractivity contribution in [1.29, 1.82) is 0 Å². The van der Waals surface area contributed by atoms with E-state index in [1.807, 2.05) is 6.07 Å². The standard InChI is InChI=1S/C15H22N2O4/c1-3-16(4-2)10-12-5-6-13(21-12)14(18)17-8-7-11(9-17)15(19)20/h5-6,11H,3-4,7-10H2,1-2H3,(H,19,20). The molecule has 1 atom stereocenters. The fraction of sp³-hybridized carbons (Fsp3) is 0.600. The van der Waals surface area contributed by atoms with Crippen LogP contribution in [0.25, 0.3) is 0 Å². The van der Waals surface area contributed by atoms with Gasteiger partial charge in [0, 0.05) is 13.1 Å². The highest BCUT2D eigenvalue weighted by Crippen LogP contribution is 2.20. The summed E-state index contributed by atoms with van der Waals surface area (Å²) < 4.78 is 5.61. The summed E-state index contributed by atoms with van der Waals surface area (Å²) in [5, 5.41) is 8.97. The molecule has 0 radical (unpaired) electrons. The molecule has 2 rings (SSSR count). The molecule has 1 amide bonds. The van der Waals surface area contributed by atoms with Crippen molar-refractivity contribution in [2.75, 3.05) is 26.2 Å². The number of carboxylic acid groups (broad SMARTS) is 1. The molecule has 1 aliphatic heterocycles. The van der Waals surface area contributed by atoms with Crippen molar-refractivity contribution >= 4 is 11.9 Å². The minimum atomic E-state index is -0.841. The van der Waals surface area contributed by atoms with Crippen LogP contribution in [-0.2, 0) is 11.3 Å². The van der Waals surface area contributed by atoms with Gasteiger partial charge in [-0.2, -0.15) is 0 Å². The zero-order valence-corrected chi connectivity index (χ0v) is 12.5. The quantitative estimate of drug-likeness (QED) is 0.864. The second-order valence-electron chi connectivity index (χ2n) is 5.30. The third kappa shape index (κ3) is 3.64. The third-order valence-electron chi connectivity index (χ3n) is 3.97. The van der Waals surface area contributed by atoms with Gasteiger partial charge in [0.1, 0.15) is 5.76 Å². The van der Waals surface area contributed by atoms with E-state index in [0.717, 1.165) is 18.8 Å². The van der Waals surface area contributed by atoms with E-state index in [0.29, 0.717) is 25.3 Å². The molecule has 0 spiro atoms. The summed E-state index contributed by atoms with van der Waals surface area (Å²) in [6.45, 7) is 7.42. The second-order valence-corrected chi connectivity index (χ2v) is 5.30. The Morgan fingerprint density at radius 3 is 2.67 bits per heavy atom. The van der Waals surface area contributed by atoms with Gasteiger partial charge in [0.15, 0.2) is 5.76 Å². The second kappa shape index (κ2) is 6.76. The van der Waals surface area contributed by atoms with Crippen LogP contribution in [0.4, 0.5) is 0 Å². The molecule has 21 heavy (non-hydrogen) atoms. The molecule has 6 heteroatoms. The van der Waals surface area contributed by atoms with Crippen molar-refractivity contribution < 1.29 is 19.1 Å². The Hall–Kier alpha value is -1.82. The number of hydrogen-bond acceptors (Lipinski definition) is 4.